The number of amides is 2. The average molecular weight is 721 g/mol. The lowest BCUT2D eigenvalue weighted by Gasteiger charge is -2.20. The summed E-state index contributed by atoms with van der Waals surface area (Å²) in [5.41, 5.74) is 6.74. The number of primary amides is 2. The molecule has 22 nitrogen and oxygen atoms in total. The first-order valence-corrected chi connectivity index (χ1v) is 15.5. The van der Waals surface area contributed by atoms with Gasteiger partial charge in [-0.25, -0.2) is 4.79 Å². The molecule has 0 bridgehead atoms. The van der Waals surface area contributed by atoms with Crippen LogP contribution in [0.3, 0.4) is 0 Å². The minimum atomic E-state index is -1.53. The summed E-state index contributed by atoms with van der Waals surface area (Å²) >= 11 is 0. The molecule has 2 aromatic carbocycles. The summed E-state index contributed by atoms with van der Waals surface area (Å²) in [5, 5.41) is 67.6. The van der Waals surface area contributed by atoms with Crippen LogP contribution in [0, 0.1) is 52.3 Å². The van der Waals surface area contributed by atoms with Crippen LogP contribution in [0.1, 0.15) is 53.4 Å². The second-order valence-corrected chi connectivity index (χ2v) is 12.4. The molecule has 0 aromatic heterocycles. The van der Waals surface area contributed by atoms with Crippen molar-refractivity contribution in [3.05, 3.63) is 64.7 Å². The van der Waals surface area contributed by atoms with E-state index >= 15 is 0 Å². The van der Waals surface area contributed by atoms with Crippen molar-refractivity contribution in [2.24, 2.45) is 23.3 Å². The first kappa shape index (κ1) is 40.8. The van der Waals surface area contributed by atoms with Crippen molar-refractivity contribution in [1.82, 2.24) is 0 Å². The van der Waals surface area contributed by atoms with Gasteiger partial charge in [-0.1, -0.05) is 27.7 Å². The van der Waals surface area contributed by atoms with E-state index in [0.717, 1.165) is 12.1 Å². The number of nitrogens with zero attached hydrogens (tertiary/aromatic N) is 4. The molecule has 0 fully saturated rings. The normalized spacial score (nSPS) is 12.7. The van der Waals surface area contributed by atoms with E-state index in [-0.39, 0.29) is 61.1 Å². The van der Waals surface area contributed by atoms with Gasteiger partial charge in [0, 0.05) is 6.54 Å². The Hall–Kier alpha value is -6.35. The number of rotatable bonds is 22. The maximum absolute atomic E-state index is 12.2. The molecule has 9 N–H and O–H groups in total. The molecule has 278 valence electrons. The molecule has 0 radical (unpaired) electrons. The number of hydrogen-bond donors (Lipinski definition) is 7. The van der Waals surface area contributed by atoms with Crippen molar-refractivity contribution in [2.45, 2.75) is 71.5 Å². The fourth-order valence-corrected chi connectivity index (χ4v) is 5.03. The van der Waals surface area contributed by atoms with Gasteiger partial charge in [0.05, 0.1) is 31.8 Å². The Morgan fingerprint density at radius 1 is 0.627 bits per heavy atom. The van der Waals surface area contributed by atoms with Gasteiger partial charge in [-0.2, -0.15) is 0 Å². The Bertz CT molecular complexity index is 1680. The van der Waals surface area contributed by atoms with Crippen LogP contribution in [-0.4, -0.2) is 67.3 Å². The molecule has 51 heavy (non-hydrogen) atoms. The first-order valence-electron chi connectivity index (χ1n) is 15.5. The Labute approximate surface area is 289 Å². The molecule has 2 rings (SSSR count). The van der Waals surface area contributed by atoms with Crippen LogP contribution in [0.25, 0.3) is 0 Å². The van der Waals surface area contributed by atoms with Gasteiger partial charge in [0.25, 0.3) is 22.7 Å². The van der Waals surface area contributed by atoms with E-state index in [9.17, 15) is 59.9 Å². The van der Waals surface area contributed by atoms with Crippen LogP contribution in [0.5, 0.6) is 0 Å². The van der Waals surface area contributed by atoms with Crippen LogP contribution in [0.2, 0.25) is 0 Å². The number of benzene rings is 2. The lowest BCUT2D eigenvalue weighted by Crippen LogP contribution is -2.36. The third-order valence-corrected chi connectivity index (χ3v) is 7.39. The van der Waals surface area contributed by atoms with Crippen LogP contribution in [0.4, 0.5) is 45.5 Å². The molecule has 0 heterocycles. The van der Waals surface area contributed by atoms with Gasteiger partial charge >= 0.3 is 5.97 Å². The van der Waals surface area contributed by atoms with Crippen LogP contribution < -0.4 is 32.7 Å². The highest BCUT2D eigenvalue weighted by molar-refractivity contribution is 5.87. The smallest absolute Gasteiger partial charge is 0.326 e. The summed E-state index contributed by atoms with van der Waals surface area (Å²) in [6.45, 7) is 6.97. The van der Waals surface area contributed by atoms with E-state index in [4.69, 9.17) is 11.5 Å². The zero-order valence-electron chi connectivity index (χ0n) is 28.1. The number of aliphatic carboxylic acids is 1. The Balaban J connectivity index is 2.39. The summed E-state index contributed by atoms with van der Waals surface area (Å²) in [6.07, 6.45) is 0.0672. The zero-order valence-corrected chi connectivity index (χ0v) is 28.1. The number of hydrogen-bond acceptors (Lipinski definition) is 15. The summed E-state index contributed by atoms with van der Waals surface area (Å²) in [4.78, 5) is 79.8. The Morgan fingerprint density at radius 2 is 0.961 bits per heavy atom. The van der Waals surface area contributed by atoms with Gasteiger partial charge in [-0.15, -0.1) is 0 Å². The number of nitro benzene ring substituents is 4. The Kier molecular flexibility index (Phi) is 14.3. The molecule has 2 aromatic rings. The monoisotopic (exact) mass is 720 g/mol. The predicted octanol–water partition coefficient (Wildman–Crippen LogP) is 3.70. The number of nitrogens with one attached hydrogen (secondary N) is 4. The van der Waals surface area contributed by atoms with Gasteiger partial charge in [0.1, 0.15) is 40.9 Å². The molecule has 22 heteroatoms. The highest BCUT2D eigenvalue weighted by Gasteiger charge is 2.31. The highest BCUT2D eigenvalue weighted by Crippen LogP contribution is 2.38. The number of nitro groups is 4. The van der Waals surface area contributed by atoms with Crippen molar-refractivity contribution in [3.8, 4) is 0 Å². The SMILES string of the molecule is CC(C)C[C@@H](Nc1cc(NCCC[C@H](Nc2cc(N[C@H](CC(C)C)C(N)=O)c([N+](=O)[O-])cc2[N+](=O)[O-])C(=O)O)c([N+](=O)[O-])cc1[N+](=O)[O-])C(N)=O. The van der Waals surface area contributed by atoms with Crippen molar-refractivity contribution >= 4 is 63.3 Å². The quantitative estimate of drug-likeness (QED) is 0.0517. The van der Waals surface area contributed by atoms with E-state index in [1.54, 1.807) is 27.7 Å². The van der Waals surface area contributed by atoms with E-state index in [1.807, 2.05) is 0 Å². The first-order chi connectivity index (χ1) is 23.7. The van der Waals surface area contributed by atoms with Gasteiger partial charge in [-0.05, 0) is 49.7 Å². The fourth-order valence-electron chi connectivity index (χ4n) is 5.03. The molecular formula is C29H40N10O12. The molecule has 2 amide bonds. The lowest BCUT2D eigenvalue weighted by atomic mass is 10.0. The largest absolute Gasteiger partial charge is 0.480 e. The van der Waals surface area contributed by atoms with Crippen molar-refractivity contribution in [1.29, 1.82) is 0 Å². The highest BCUT2D eigenvalue weighted by atomic mass is 16.6. The number of anilines is 4. The molecular weight excluding hydrogens is 680 g/mol. The molecule has 0 unspecified atom stereocenters. The van der Waals surface area contributed by atoms with Gasteiger partial charge in [0.15, 0.2) is 0 Å². The molecule has 0 aliphatic heterocycles. The topological polar surface area (TPSA) is 344 Å². The number of carboxylic acid groups (broad SMARTS) is 1. The molecule has 0 aliphatic rings. The standard InChI is InChI=1S/C29H40N10O12/c1-14(2)8-21(27(30)40)34-18-10-17(23(36(44)45)12-24(18)37(46)47)32-7-5-6-16(29(42)43)33-19-11-20(35-22(28(31)41)9-15(3)4)26(39(50)51)13-25(19)38(48)49/h10-16,21-22,32-35H,5-9H2,1-4H3,(H2,30,40)(H2,31,41)(H,42,43)/t16-,21+,22+/m0/s1. The molecule has 0 saturated carbocycles. The summed E-state index contributed by atoms with van der Waals surface area (Å²) < 4.78 is 0. The average Bonchev–Trinajstić information content (AvgIpc) is 3.00. The second-order valence-electron chi connectivity index (χ2n) is 12.4. The molecule has 3 atom stereocenters. The Morgan fingerprint density at radius 3 is 1.27 bits per heavy atom. The molecule has 0 saturated heterocycles. The maximum Gasteiger partial charge on any atom is 0.326 e. The van der Waals surface area contributed by atoms with Gasteiger partial charge < -0.3 is 37.8 Å². The van der Waals surface area contributed by atoms with Gasteiger partial charge in [-0.3, -0.25) is 50.0 Å². The van der Waals surface area contributed by atoms with Crippen molar-refractivity contribution in [3.63, 3.8) is 0 Å². The third-order valence-electron chi connectivity index (χ3n) is 7.39. The van der Waals surface area contributed by atoms with Crippen LogP contribution in [-0.2, 0) is 14.4 Å². The number of carbonyl (C=O) groups excluding carboxylic acids is 2. The zero-order chi connectivity index (χ0) is 38.7. The van der Waals surface area contributed by atoms with Crippen LogP contribution in [0.15, 0.2) is 24.3 Å². The van der Waals surface area contributed by atoms with E-state index < -0.39 is 84.0 Å². The lowest BCUT2D eigenvalue weighted by molar-refractivity contribution is -0.393. The van der Waals surface area contributed by atoms with E-state index in [2.05, 4.69) is 21.3 Å². The molecule has 0 spiro atoms. The maximum atomic E-state index is 12.2. The van der Waals surface area contributed by atoms with Crippen molar-refractivity contribution < 1.29 is 39.2 Å². The van der Waals surface area contributed by atoms with Gasteiger partial charge in [0.2, 0.25) is 11.8 Å². The number of carboxylic acids is 1. The van der Waals surface area contributed by atoms with Crippen molar-refractivity contribution in [2.75, 3.05) is 27.8 Å². The van der Waals surface area contributed by atoms with E-state index in [0.29, 0.717) is 12.1 Å². The fraction of sp³-hybridized carbons (Fsp3) is 0.483. The second kappa shape index (κ2) is 17.9. The summed E-state index contributed by atoms with van der Waals surface area (Å²) in [5.74, 6) is -3.25. The van der Waals surface area contributed by atoms with E-state index in [1.165, 1.54) is 0 Å². The number of nitrogens with two attached hydrogens (primary N) is 2. The summed E-state index contributed by atoms with van der Waals surface area (Å²) in [7, 11) is 0. The summed E-state index contributed by atoms with van der Waals surface area (Å²) in [6, 6.07) is -0.364. The third kappa shape index (κ3) is 11.6. The molecule has 0 aliphatic carbocycles. The predicted molar refractivity (Wildman–Crippen MR) is 184 cm³/mol. The number of carbonyl (C=O) groups is 3. The van der Waals surface area contributed by atoms with Crippen LogP contribution >= 0.6 is 0 Å². The minimum absolute atomic E-state index is 0.0395. The minimum Gasteiger partial charge on any atom is -0.480 e.